The molecule has 0 radical (unpaired) electrons. The first kappa shape index (κ1) is 21.2. The van der Waals surface area contributed by atoms with Gasteiger partial charge in [0.05, 0.1) is 0 Å². The average Bonchev–Trinajstić information content (AvgIpc) is 3.03. The van der Waals surface area contributed by atoms with Crippen LogP contribution in [0.5, 0.6) is 0 Å². The predicted octanol–water partition coefficient (Wildman–Crippen LogP) is 1.98. The molecule has 1 aliphatic rings. The van der Waals surface area contributed by atoms with Gasteiger partial charge in [-0.1, -0.05) is 28.0 Å². The van der Waals surface area contributed by atoms with Gasteiger partial charge in [-0.15, -0.1) is 0 Å². The summed E-state index contributed by atoms with van der Waals surface area (Å²) < 4.78 is 0. The monoisotopic (exact) mass is 375 g/mol. The van der Waals surface area contributed by atoms with E-state index in [1.165, 1.54) is 25.5 Å². The molecule has 1 aliphatic heterocycles. The summed E-state index contributed by atoms with van der Waals surface area (Å²) in [5, 5.41) is 6.21. The van der Waals surface area contributed by atoms with Crippen molar-refractivity contribution in [3.63, 3.8) is 0 Å². The Bertz CT molecular complexity index is 415. The number of carbonyl (C=O) groups excluding carboxylic acids is 3. The van der Waals surface area contributed by atoms with E-state index >= 15 is 0 Å². The number of primary amides is 1. The molecular weight excluding hydrogens is 346 g/mol. The molecule has 0 aromatic carbocycles. The standard InChI is InChI=1S/C16H29N3O3S2/c1-12(20)19-14(16(17)22)7-4-5-10-18-15(21)8-3-2-6-13-9-11-23-24-13/h13-14H,2-11H2,1H3,(H2,17,22)(H,18,21)(H,19,20). The highest BCUT2D eigenvalue weighted by molar-refractivity contribution is 8.77. The van der Waals surface area contributed by atoms with E-state index in [1.807, 2.05) is 21.6 Å². The molecule has 0 spiro atoms. The van der Waals surface area contributed by atoms with Gasteiger partial charge < -0.3 is 16.4 Å². The van der Waals surface area contributed by atoms with Gasteiger partial charge in [0.1, 0.15) is 6.04 Å². The molecule has 4 N–H and O–H groups in total. The summed E-state index contributed by atoms with van der Waals surface area (Å²) in [6.07, 6.45) is 7.15. The highest BCUT2D eigenvalue weighted by Gasteiger charge is 2.16. The van der Waals surface area contributed by atoms with Gasteiger partial charge in [0.25, 0.3) is 0 Å². The van der Waals surface area contributed by atoms with Crippen LogP contribution in [-0.2, 0) is 14.4 Å². The molecule has 1 fully saturated rings. The zero-order valence-corrected chi connectivity index (χ0v) is 16.0. The highest BCUT2D eigenvalue weighted by Crippen LogP contribution is 2.39. The van der Waals surface area contributed by atoms with Crippen LogP contribution < -0.4 is 16.4 Å². The van der Waals surface area contributed by atoms with Crippen molar-refractivity contribution in [2.24, 2.45) is 5.73 Å². The minimum atomic E-state index is -0.621. The smallest absolute Gasteiger partial charge is 0.239 e. The van der Waals surface area contributed by atoms with Crippen molar-refractivity contribution in [3.8, 4) is 0 Å². The first-order valence-electron chi connectivity index (χ1n) is 8.60. The molecule has 2 unspecified atom stereocenters. The van der Waals surface area contributed by atoms with Crippen LogP contribution >= 0.6 is 21.6 Å². The van der Waals surface area contributed by atoms with Crippen LogP contribution in [-0.4, -0.2) is 41.3 Å². The van der Waals surface area contributed by atoms with E-state index in [0.717, 1.165) is 30.9 Å². The molecule has 0 aromatic heterocycles. The molecule has 1 heterocycles. The minimum Gasteiger partial charge on any atom is -0.368 e. The van der Waals surface area contributed by atoms with Crippen LogP contribution in [0.25, 0.3) is 0 Å². The van der Waals surface area contributed by atoms with Crippen LogP contribution in [0.2, 0.25) is 0 Å². The molecule has 1 saturated heterocycles. The molecule has 0 aromatic rings. The maximum atomic E-state index is 11.7. The normalized spacial score (nSPS) is 18.1. The lowest BCUT2D eigenvalue weighted by molar-refractivity contribution is -0.126. The van der Waals surface area contributed by atoms with Crippen LogP contribution in [0.1, 0.15) is 58.3 Å². The fourth-order valence-electron chi connectivity index (χ4n) is 2.54. The Morgan fingerprint density at radius 3 is 2.62 bits per heavy atom. The van der Waals surface area contributed by atoms with Gasteiger partial charge in [-0.25, -0.2) is 0 Å². The maximum Gasteiger partial charge on any atom is 0.239 e. The number of hydrogen-bond acceptors (Lipinski definition) is 5. The first-order chi connectivity index (χ1) is 11.5. The second kappa shape index (κ2) is 12.5. The zero-order valence-electron chi connectivity index (χ0n) is 14.3. The molecule has 3 amide bonds. The summed E-state index contributed by atoms with van der Waals surface area (Å²) in [5.41, 5.74) is 5.23. The summed E-state index contributed by atoms with van der Waals surface area (Å²) in [6, 6.07) is -0.621. The molecule has 0 bridgehead atoms. The van der Waals surface area contributed by atoms with Gasteiger partial charge in [0.15, 0.2) is 0 Å². The molecule has 8 heteroatoms. The number of unbranched alkanes of at least 4 members (excludes halogenated alkanes) is 2. The number of carbonyl (C=O) groups is 3. The zero-order chi connectivity index (χ0) is 17.8. The largest absolute Gasteiger partial charge is 0.368 e. The van der Waals surface area contributed by atoms with Crippen LogP contribution in [0.4, 0.5) is 0 Å². The molecular formula is C16H29N3O3S2. The van der Waals surface area contributed by atoms with E-state index in [0.29, 0.717) is 19.4 Å². The lowest BCUT2D eigenvalue weighted by Gasteiger charge is -2.14. The average molecular weight is 376 g/mol. The Morgan fingerprint density at radius 1 is 1.21 bits per heavy atom. The van der Waals surface area contributed by atoms with Crippen LogP contribution in [0, 0.1) is 0 Å². The third kappa shape index (κ3) is 10.1. The fourth-order valence-corrected chi connectivity index (χ4v) is 5.57. The summed E-state index contributed by atoms with van der Waals surface area (Å²) in [6.45, 7) is 1.96. The summed E-state index contributed by atoms with van der Waals surface area (Å²) in [7, 11) is 3.94. The van der Waals surface area contributed by atoms with Gasteiger partial charge in [0.2, 0.25) is 17.7 Å². The summed E-state index contributed by atoms with van der Waals surface area (Å²) >= 11 is 0. The molecule has 2 atom stereocenters. The number of amides is 3. The van der Waals surface area contributed by atoms with Gasteiger partial charge in [-0.3, -0.25) is 14.4 Å². The van der Waals surface area contributed by atoms with Crippen molar-refractivity contribution in [1.29, 1.82) is 0 Å². The third-order valence-electron chi connectivity index (χ3n) is 3.87. The number of hydrogen-bond donors (Lipinski definition) is 3. The molecule has 24 heavy (non-hydrogen) atoms. The van der Waals surface area contributed by atoms with E-state index < -0.39 is 11.9 Å². The number of nitrogens with two attached hydrogens (primary N) is 1. The lowest BCUT2D eigenvalue weighted by Crippen LogP contribution is -2.43. The van der Waals surface area contributed by atoms with E-state index in [-0.39, 0.29) is 11.8 Å². The van der Waals surface area contributed by atoms with Crippen molar-refractivity contribution in [1.82, 2.24) is 10.6 Å². The Labute approximate surface area is 152 Å². The topological polar surface area (TPSA) is 101 Å². The quantitative estimate of drug-likeness (QED) is 0.358. The van der Waals surface area contributed by atoms with E-state index in [2.05, 4.69) is 10.6 Å². The van der Waals surface area contributed by atoms with E-state index in [1.54, 1.807) is 0 Å². The summed E-state index contributed by atoms with van der Waals surface area (Å²) in [4.78, 5) is 33.9. The first-order valence-corrected chi connectivity index (χ1v) is 11.0. The Morgan fingerprint density at radius 2 is 2.00 bits per heavy atom. The van der Waals surface area contributed by atoms with Crippen LogP contribution in [0.3, 0.4) is 0 Å². The van der Waals surface area contributed by atoms with Crippen LogP contribution in [0.15, 0.2) is 0 Å². The third-order valence-corrected chi connectivity index (χ3v) is 6.88. The van der Waals surface area contributed by atoms with E-state index in [9.17, 15) is 14.4 Å². The second-order valence-corrected chi connectivity index (χ2v) is 8.86. The fraction of sp³-hybridized carbons (Fsp3) is 0.812. The SMILES string of the molecule is CC(=O)NC(CCCCNC(=O)CCCCC1CCSS1)C(N)=O. The molecule has 138 valence electrons. The molecule has 0 aliphatic carbocycles. The molecule has 0 saturated carbocycles. The molecule has 6 nitrogen and oxygen atoms in total. The second-order valence-electron chi connectivity index (χ2n) is 6.08. The Balaban J connectivity index is 1.98. The number of rotatable bonds is 12. The Kier molecular flexibility index (Phi) is 11.0. The minimum absolute atomic E-state index is 0.0942. The maximum absolute atomic E-state index is 11.7. The van der Waals surface area contributed by atoms with Gasteiger partial charge >= 0.3 is 0 Å². The van der Waals surface area contributed by atoms with Crippen molar-refractivity contribution < 1.29 is 14.4 Å². The van der Waals surface area contributed by atoms with Crippen molar-refractivity contribution in [3.05, 3.63) is 0 Å². The van der Waals surface area contributed by atoms with Gasteiger partial charge in [-0.2, -0.15) is 0 Å². The predicted molar refractivity (Wildman–Crippen MR) is 101 cm³/mol. The lowest BCUT2D eigenvalue weighted by atomic mass is 10.1. The molecule has 1 rings (SSSR count). The van der Waals surface area contributed by atoms with Gasteiger partial charge in [-0.05, 0) is 38.5 Å². The van der Waals surface area contributed by atoms with E-state index in [4.69, 9.17) is 5.73 Å². The highest BCUT2D eigenvalue weighted by atomic mass is 33.1. The van der Waals surface area contributed by atoms with Crippen molar-refractivity contribution in [2.45, 2.75) is 69.6 Å². The summed E-state index contributed by atoms with van der Waals surface area (Å²) in [5.74, 6) is 0.570. The van der Waals surface area contributed by atoms with Crippen molar-refractivity contribution >= 4 is 39.3 Å². The number of nitrogens with one attached hydrogen (secondary N) is 2. The van der Waals surface area contributed by atoms with Crippen molar-refractivity contribution in [2.75, 3.05) is 12.3 Å². The Hall–Kier alpha value is -0.890. The van der Waals surface area contributed by atoms with Gasteiger partial charge in [0, 0.05) is 30.9 Å².